The van der Waals surface area contributed by atoms with Gasteiger partial charge in [-0.1, -0.05) is 53.1 Å². The molecule has 0 aliphatic rings. The fourth-order valence-electron chi connectivity index (χ4n) is 5.57. The minimum atomic E-state index is 0. The van der Waals surface area contributed by atoms with Crippen LogP contribution in [-0.4, -0.2) is 23.9 Å². The molecule has 0 fully saturated rings. The van der Waals surface area contributed by atoms with Crippen molar-refractivity contribution in [1.29, 1.82) is 0 Å². The number of aromatic nitrogens is 5. The molecule has 0 atom stereocenters. The first-order valence-electron chi connectivity index (χ1n) is 12.6. The summed E-state index contributed by atoms with van der Waals surface area (Å²) in [7, 11) is 0. The number of rotatable bonds is 3. The molecule has 4 heterocycles. The van der Waals surface area contributed by atoms with Crippen LogP contribution in [0, 0.1) is 19.1 Å². The van der Waals surface area contributed by atoms with Crippen molar-refractivity contribution in [1.82, 2.24) is 23.9 Å². The summed E-state index contributed by atoms with van der Waals surface area (Å²) in [6.07, 6.45) is 5.59. The second-order valence-electron chi connectivity index (χ2n) is 9.56. The van der Waals surface area contributed by atoms with Crippen LogP contribution < -0.4 is 0 Å². The van der Waals surface area contributed by atoms with Crippen molar-refractivity contribution < 1.29 is 21.1 Å². The molecule has 0 saturated carbocycles. The average Bonchev–Trinajstić information content (AvgIpc) is 3.67. The maximum atomic E-state index is 4.73. The monoisotopic (exact) mass is 682 g/mol. The standard InChI is InChI=1S/C33H21N5.Pt/c1-22-15-17-34-33(19-22)38-30-10-5-3-8-26(30)28-14-12-24(21-32(28)38)37-29-9-4-2-7-25(29)27-13-11-23(20-31(27)37)36-18-6-16-35-36;/h2-19H,1H3;/q-2;+4. The van der Waals surface area contributed by atoms with E-state index in [1.54, 1.807) is 6.20 Å². The van der Waals surface area contributed by atoms with E-state index in [1.165, 1.54) is 16.3 Å². The van der Waals surface area contributed by atoms with Crippen molar-refractivity contribution in [3.63, 3.8) is 0 Å². The topological polar surface area (TPSA) is 40.6 Å². The summed E-state index contributed by atoms with van der Waals surface area (Å²) in [5.74, 6) is 0.888. The molecule has 0 N–H and O–H groups in total. The van der Waals surface area contributed by atoms with Gasteiger partial charge in [-0.15, -0.1) is 35.0 Å². The number of pyridine rings is 1. The molecule has 0 amide bonds. The van der Waals surface area contributed by atoms with E-state index in [2.05, 4.69) is 112 Å². The maximum absolute atomic E-state index is 4.73. The van der Waals surface area contributed by atoms with Crippen molar-refractivity contribution >= 4 is 43.6 Å². The first-order valence-corrected chi connectivity index (χ1v) is 12.6. The molecular weight excluding hydrogens is 661 g/mol. The number of nitrogens with zero attached hydrogens (tertiary/aromatic N) is 5. The Morgan fingerprint density at radius 2 is 1.26 bits per heavy atom. The van der Waals surface area contributed by atoms with Gasteiger partial charge in [-0.3, -0.25) is 4.68 Å². The second-order valence-corrected chi connectivity index (χ2v) is 9.56. The molecular formula is C33H21N5Pt+2. The van der Waals surface area contributed by atoms with E-state index < -0.39 is 0 Å². The largest absolute Gasteiger partial charge is 4.00 e. The van der Waals surface area contributed by atoms with Crippen LogP contribution in [0.2, 0.25) is 0 Å². The Hall–Kier alpha value is -4.47. The fourth-order valence-corrected chi connectivity index (χ4v) is 5.57. The number of fused-ring (bicyclic) bond motifs is 6. The summed E-state index contributed by atoms with van der Waals surface area (Å²) < 4.78 is 6.31. The van der Waals surface area contributed by atoms with Crippen molar-refractivity contribution in [2.24, 2.45) is 0 Å². The van der Waals surface area contributed by atoms with Crippen molar-refractivity contribution in [2.75, 3.05) is 0 Å². The molecule has 5 nitrogen and oxygen atoms in total. The minimum absolute atomic E-state index is 0. The Bertz CT molecular complexity index is 2150. The summed E-state index contributed by atoms with van der Waals surface area (Å²) in [5.41, 5.74) is 7.23. The van der Waals surface area contributed by atoms with Crippen LogP contribution in [0.1, 0.15) is 5.56 Å². The normalized spacial score (nSPS) is 11.5. The van der Waals surface area contributed by atoms with Gasteiger partial charge in [-0.25, -0.2) is 4.98 Å². The molecule has 186 valence electrons. The first kappa shape index (κ1) is 23.6. The summed E-state index contributed by atoms with van der Waals surface area (Å²) in [6.45, 7) is 2.10. The Labute approximate surface area is 239 Å². The zero-order valence-electron chi connectivity index (χ0n) is 20.9. The van der Waals surface area contributed by atoms with E-state index in [9.17, 15) is 0 Å². The number of hydrogen-bond donors (Lipinski definition) is 0. The smallest absolute Gasteiger partial charge is 0.358 e. The Morgan fingerprint density at radius 1 is 0.615 bits per heavy atom. The van der Waals surface area contributed by atoms with Crippen molar-refractivity contribution in [3.8, 4) is 17.2 Å². The molecule has 8 aromatic rings. The quantitative estimate of drug-likeness (QED) is 0.183. The number of aryl methyl sites for hydroxylation is 1. The van der Waals surface area contributed by atoms with Crippen LogP contribution in [0.15, 0.2) is 110 Å². The van der Waals surface area contributed by atoms with Gasteiger partial charge in [-0.2, -0.15) is 17.2 Å². The van der Waals surface area contributed by atoms with Gasteiger partial charge < -0.3 is 9.13 Å². The van der Waals surface area contributed by atoms with E-state index >= 15 is 0 Å². The molecule has 0 radical (unpaired) electrons. The SMILES string of the molecule is Cc1ccnc(-n2c3[c-]c(-n4c5[c-]c(-n6cccn6)ccc5c5ccccc54)ccc3c3ccccc32)c1.[Pt+4]. The van der Waals surface area contributed by atoms with E-state index in [0.717, 1.165) is 50.0 Å². The van der Waals surface area contributed by atoms with Crippen LogP contribution >= 0.6 is 0 Å². The van der Waals surface area contributed by atoms with E-state index in [4.69, 9.17) is 4.98 Å². The Kier molecular flexibility index (Phi) is 5.50. The second kappa shape index (κ2) is 9.07. The van der Waals surface area contributed by atoms with Crippen LogP contribution in [0.3, 0.4) is 0 Å². The van der Waals surface area contributed by atoms with Gasteiger partial charge in [0.1, 0.15) is 5.82 Å². The van der Waals surface area contributed by atoms with Crippen molar-refractivity contribution in [3.05, 3.63) is 127 Å². The summed E-state index contributed by atoms with van der Waals surface area (Å²) in [6, 6.07) is 39.1. The number of benzene rings is 4. The Balaban J connectivity index is 0.00000253. The zero-order valence-corrected chi connectivity index (χ0v) is 23.2. The van der Waals surface area contributed by atoms with Gasteiger partial charge in [0.2, 0.25) is 0 Å². The van der Waals surface area contributed by atoms with Gasteiger partial charge in [-0.05, 0) is 59.3 Å². The molecule has 4 aromatic heterocycles. The van der Waals surface area contributed by atoms with E-state index in [0.29, 0.717) is 0 Å². The van der Waals surface area contributed by atoms with Gasteiger partial charge in [0.15, 0.2) is 0 Å². The molecule has 0 aliphatic heterocycles. The average molecular weight is 683 g/mol. The zero-order chi connectivity index (χ0) is 25.2. The van der Waals surface area contributed by atoms with Gasteiger partial charge in [0, 0.05) is 29.6 Å². The maximum Gasteiger partial charge on any atom is 4.00 e. The third-order valence-electron chi connectivity index (χ3n) is 7.26. The van der Waals surface area contributed by atoms with Gasteiger partial charge in [0.05, 0.1) is 0 Å². The molecule has 39 heavy (non-hydrogen) atoms. The van der Waals surface area contributed by atoms with Crippen molar-refractivity contribution in [2.45, 2.75) is 6.92 Å². The first-order chi connectivity index (χ1) is 18.8. The summed E-state index contributed by atoms with van der Waals surface area (Å²) >= 11 is 0. The fraction of sp³-hybridized carbons (Fsp3) is 0.0303. The van der Waals surface area contributed by atoms with Crippen LogP contribution in [0.4, 0.5) is 0 Å². The molecule has 4 aromatic carbocycles. The van der Waals surface area contributed by atoms with E-state index in [1.807, 2.05) is 29.2 Å². The molecule has 0 unspecified atom stereocenters. The molecule has 6 heteroatoms. The molecule has 0 aliphatic carbocycles. The molecule has 0 bridgehead atoms. The molecule has 8 rings (SSSR count). The van der Waals surface area contributed by atoms with Gasteiger partial charge >= 0.3 is 21.1 Å². The third kappa shape index (κ3) is 3.58. The van der Waals surface area contributed by atoms with E-state index in [-0.39, 0.29) is 21.1 Å². The number of para-hydroxylation sites is 2. The predicted octanol–water partition coefficient (Wildman–Crippen LogP) is 7.37. The molecule has 0 spiro atoms. The Morgan fingerprint density at radius 3 is 1.95 bits per heavy atom. The minimum Gasteiger partial charge on any atom is -0.358 e. The summed E-state index contributed by atoms with van der Waals surface area (Å²) in [4.78, 5) is 4.73. The third-order valence-corrected chi connectivity index (χ3v) is 7.26. The predicted molar refractivity (Wildman–Crippen MR) is 152 cm³/mol. The van der Waals surface area contributed by atoms with Crippen LogP contribution in [0.5, 0.6) is 0 Å². The molecule has 0 saturated heterocycles. The van der Waals surface area contributed by atoms with Crippen LogP contribution in [-0.2, 0) is 21.1 Å². The summed E-state index contributed by atoms with van der Waals surface area (Å²) in [5, 5.41) is 9.08. The van der Waals surface area contributed by atoms with Crippen LogP contribution in [0.25, 0.3) is 60.8 Å². The number of hydrogen-bond acceptors (Lipinski definition) is 2. The van der Waals surface area contributed by atoms with Gasteiger partial charge in [0.25, 0.3) is 0 Å².